The average molecular weight is 256 g/mol. The van der Waals surface area contributed by atoms with Crippen LogP contribution in [0.5, 0.6) is 0 Å². The minimum atomic E-state index is -0.433. The molecule has 2 N–H and O–H groups in total. The maximum atomic E-state index is 6.22. The molecular weight excluding hydrogens is 242 g/mol. The number of furan rings is 1. The molecule has 2 aromatic heterocycles. The molecule has 0 bridgehead atoms. The van der Waals surface area contributed by atoms with Crippen LogP contribution in [0.1, 0.15) is 31.6 Å². The summed E-state index contributed by atoms with van der Waals surface area (Å²) in [5.74, 6) is 1.60. The first-order chi connectivity index (χ1) is 7.78. The van der Waals surface area contributed by atoms with E-state index in [1.165, 1.54) is 0 Å². The van der Waals surface area contributed by atoms with Gasteiger partial charge in [-0.2, -0.15) is 4.98 Å². The second-order valence-corrected chi connectivity index (χ2v) is 4.26. The molecule has 2 heterocycles. The number of nitrogens with zero attached hydrogens (tertiary/aromatic N) is 2. The predicted molar refractivity (Wildman–Crippen MR) is 63.6 cm³/mol. The molecule has 0 aromatic carbocycles. The number of halogens is 1. The van der Waals surface area contributed by atoms with Crippen LogP contribution in [-0.4, -0.2) is 10.1 Å². The maximum Gasteiger partial charge on any atom is 0.247 e. The van der Waals surface area contributed by atoms with Gasteiger partial charge in [-0.1, -0.05) is 18.0 Å². The Hall–Kier alpha value is -1.33. The summed E-state index contributed by atoms with van der Waals surface area (Å²) in [5, 5.41) is 3.89. The molecule has 0 radical (unpaired) electrons. The van der Waals surface area contributed by atoms with Crippen LogP contribution < -0.4 is 5.73 Å². The van der Waals surface area contributed by atoms with Crippen molar-refractivity contribution in [1.29, 1.82) is 0 Å². The molecule has 6 heteroatoms. The largest absolute Gasteiger partial charge is 0.461 e. The Bertz CT molecular complexity index is 475. The van der Waals surface area contributed by atoms with E-state index in [1.807, 2.05) is 0 Å². The highest BCUT2D eigenvalue weighted by atomic mass is 35.5. The van der Waals surface area contributed by atoms with Crippen LogP contribution in [0.15, 0.2) is 27.3 Å². The minimum absolute atomic E-state index is 0. The van der Waals surface area contributed by atoms with E-state index in [0.29, 0.717) is 17.5 Å². The van der Waals surface area contributed by atoms with E-state index in [4.69, 9.17) is 14.7 Å². The van der Waals surface area contributed by atoms with Crippen molar-refractivity contribution in [2.45, 2.75) is 31.2 Å². The zero-order chi connectivity index (χ0) is 11.0. The highest BCUT2D eigenvalue weighted by Crippen LogP contribution is 2.35. The average Bonchev–Trinajstić information content (AvgIpc) is 2.98. The molecule has 0 saturated heterocycles. The Balaban J connectivity index is 0.00000108. The molecule has 1 saturated carbocycles. The van der Waals surface area contributed by atoms with Gasteiger partial charge in [-0.3, -0.25) is 0 Å². The van der Waals surface area contributed by atoms with Crippen molar-refractivity contribution >= 4 is 12.4 Å². The van der Waals surface area contributed by atoms with Gasteiger partial charge in [0.15, 0.2) is 5.76 Å². The predicted octanol–water partition coefficient (Wildman–Crippen LogP) is 2.48. The molecule has 3 rings (SSSR count). The van der Waals surface area contributed by atoms with Gasteiger partial charge in [0.25, 0.3) is 0 Å². The quantitative estimate of drug-likeness (QED) is 0.892. The van der Waals surface area contributed by atoms with E-state index < -0.39 is 5.54 Å². The first kappa shape index (κ1) is 12.1. The SMILES string of the molecule is Cl.NC1(c2nc(-c3ccco3)no2)CCCC1. The van der Waals surface area contributed by atoms with Crippen LogP contribution in [0.25, 0.3) is 11.6 Å². The van der Waals surface area contributed by atoms with Gasteiger partial charge in [0.05, 0.1) is 11.8 Å². The van der Waals surface area contributed by atoms with E-state index in [0.717, 1.165) is 25.7 Å². The Morgan fingerprint density at radius 1 is 1.29 bits per heavy atom. The second-order valence-electron chi connectivity index (χ2n) is 4.26. The lowest BCUT2D eigenvalue weighted by atomic mass is 9.99. The van der Waals surface area contributed by atoms with Crippen LogP contribution in [0.3, 0.4) is 0 Å². The molecule has 2 aromatic rings. The Morgan fingerprint density at radius 3 is 2.71 bits per heavy atom. The van der Waals surface area contributed by atoms with Gasteiger partial charge in [0.1, 0.15) is 0 Å². The molecule has 0 atom stereocenters. The number of nitrogens with two attached hydrogens (primary N) is 1. The first-order valence-electron chi connectivity index (χ1n) is 5.45. The Morgan fingerprint density at radius 2 is 2.06 bits per heavy atom. The van der Waals surface area contributed by atoms with Gasteiger partial charge in [-0.25, -0.2) is 0 Å². The molecule has 1 aliphatic rings. The molecule has 1 fully saturated rings. The van der Waals surface area contributed by atoms with Crippen molar-refractivity contribution in [2.75, 3.05) is 0 Å². The van der Waals surface area contributed by atoms with E-state index in [-0.39, 0.29) is 12.4 Å². The number of hydrogen-bond acceptors (Lipinski definition) is 5. The number of hydrogen-bond donors (Lipinski definition) is 1. The first-order valence-corrected chi connectivity index (χ1v) is 5.45. The highest BCUT2D eigenvalue weighted by molar-refractivity contribution is 5.85. The third kappa shape index (κ3) is 2.08. The summed E-state index contributed by atoms with van der Waals surface area (Å²) in [6.45, 7) is 0. The Kier molecular flexibility index (Phi) is 3.22. The third-order valence-electron chi connectivity index (χ3n) is 3.09. The molecule has 92 valence electrons. The van der Waals surface area contributed by atoms with Crippen molar-refractivity contribution in [3.63, 3.8) is 0 Å². The van der Waals surface area contributed by atoms with Crippen molar-refractivity contribution in [3.05, 3.63) is 24.3 Å². The molecule has 17 heavy (non-hydrogen) atoms. The van der Waals surface area contributed by atoms with Crippen molar-refractivity contribution in [3.8, 4) is 11.6 Å². The van der Waals surface area contributed by atoms with Crippen LogP contribution in [-0.2, 0) is 5.54 Å². The van der Waals surface area contributed by atoms with Crippen LogP contribution >= 0.6 is 12.4 Å². The summed E-state index contributed by atoms with van der Waals surface area (Å²) in [5.41, 5.74) is 5.79. The monoisotopic (exact) mass is 255 g/mol. The smallest absolute Gasteiger partial charge is 0.247 e. The van der Waals surface area contributed by atoms with Gasteiger partial charge in [-0.15, -0.1) is 12.4 Å². The maximum absolute atomic E-state index is 6.22. The molecule has 0 amide bonds. The third-order valence-corrected chi connectivity index (χ3v) is 3.09. The lowest BCUT2D eigenvalue weighted by Crippen LogP contribution is -2.33. The zero-order valence-electron chi connectivity index (χ0n) is 9.26. The summed E-state index contributed by atoms with van der Waals surface area (Å²) in [6, 6.07) is 3.59. The van der Waals surface area contributed by atoms with E-state index in [2.05, 4.69) is 10.1 Å². The van der Waals surface area contributed by atoms with E-state index in [1.54, 1.807) is 18.4 Å². The van der Waals surface area contributed by atoms with Crippen LogP contribution in [0.4, 0.5) is 0 Å². The summed E-state index contributed by atoms with van der Waals surface area (Å²) in [4.78, 5) is 4.31. The van der Waals surface area contributed by atoms with Gasteiger partial charge in [-0.05, 0) is 25.0 Å². The fourth-order valence-electron chi connectivity index (χ4n) is 2.15. The second kappa shape index (κ2) is 4.50. The number of aromatic nitrogens is 2. The van der Waals surface area contributed by atoms with E-state index >= 15 is 0 Å². The molecule has 0 aliphatic heterocycles. The van der Waals surface area contributed by atoms with Crippen molar-refractivity contribution < 1.29 is 8.94 Å². The topological polar surface area (TPSA) is 78.1 Å². The van der Waals surface area contributed by atoms with Crippen LogP contribution in [0.2, 0.25) is 0 Å². The van der Waals surface area contributed by atoms with Crippen molar-refractivity contribution in [1.82, 2.24) is 10.1 Å². The standard InChI is InChI=1S/C11H13N3O2.ClH/c12-11(5-1-2-6-11)10-13-9(14-16-10)8-4-3-7-15-8;/h3-4,7H,1-2,5-6,12H2;1H. The fourth-order valence-corrected chi connectivity index (χ4v) is 2.15. The van der Waals surface area contributed by atoms with Gasteiger partial charge in [0.2, 0.25) is 11.7 Å². The molecule has 1 aliphatic carbocycles. The summed E-state index contributed by atoms with van der Waals surface area (Å²) in [7, 11) is 0. The van der Waals surface area contributed by atoms with Crippen LogP contribution in [0, 0.1) is 0 Å². The summed E-state index contributed by atoms with van der Waals surface area (Å²) < 4.78 is 10.4. The molecule has 0 unspecified atom stereocenters. The lowest BCUT2D eigenvalue weighted by molar-refractivity contribution is 0.285. The fraction of sp³-hybridized carbons (Fsp3) is 0.455. The normalized spacial score (nSPS) is 17.9. The molecule has 0 spiro atoms. The van der Waals surface area contributed by atoms with Crippen molar-refractivity contribution in [2.24, 2.45) is 5.73 Å². The van der Waals surface area contributed by atoms with Gasteiger partial charge in [0, 0.05) is 0 Å². The van der Waals surface area contributed by atoms with E-state index in [9.17, 15) is 0 Å². The molecular formula is C11H14ClN3O2. The van der Waals surface area contributed by atoms with Gasteiger partial charge < -0.3 is 14.7 Å². The summed E-state index contributed by atoms with van der Waals surface area (Å²) in [6.07, 6.45) is 5.64. The summed E-state index contributed by atoms with van der Waals surface area (Å²) >= 11 is 0. The van der Waals surface area contributed by atoms with Gasteiger partial charge >= 0.3 is 0 Å². The number of rotatable bonds is 2. The Labute approximate surface area is 105 Å². The lowest BCUT2D eigenvalue weighted by Gasteiger charge is -2.16. The highest BCUT2D eigenvalue weighted by Gasteiger charge is 2.37. The molecule has 5 nitrogen and oxygen atoms in total. The minimum Gasteiger partial charge on any atom is -0.461 e. The zero-order valence-corrected chi connectivity index (χ0v) is 10.1.